The number of carbonyl (C=O) groups excluding carboxylic acids is 1. The number of urea groups is 1. The number of benzene rings is 2. The SMILES string of the molecule is O=C(NC[C@@H]1CCN(Cc2ccccc2)C1)N1CC(Oc2ccccc2F)C1. The Morgan fingerprint density at radius 3 is 2.61 bits per heavy atom. The Labute approximate surface area is 165 Å². The summed E-state index contributed by atoms with van der Waals surface area (Å²) in [6, 6.07) is 16.8. The molecular weight excluding hydrogens is 357 g/mol. The topological polar surface area (TPSA) is 44.8 Å². The first-order chi connectivity index (χ1) is 13.7. The Balaban J connectivity index is 1.15. The van der Waals surface area contributed by atoms with Crippen molar-refractivity contribution in [1.29, 1.82) is 0 Å². The number of nitrogens with one attached hydrogen (secondary N) is 1. The Morgan fingerprint density at radius 2 is 1.82 bits per heavy atom. The van der Waals surface area contributed by atoms with E-state index in [4.69, 9.17) is 4.74 Å². The number of ether oxygens (including phenoxy) is 1. The van der Waals surface area contributed by atoms with Gasteiger partial charge in [-0.2, -0.15) is 0 Å². The van der Waals surface area contributed by atoms with E-state index in [0.717, 1.165) is 26.1 Å². The molecule has 0 radical (unpaired) electrons. The van der Waals surface area contributed by atoms with Crippen LogP contribution in [-0.4, -0.2) is 54.7 Å². The third-order valence-corrected chi connectivity index (χ3v) is 5.43. The number of nitrogens with zero attached hydrogens (tertiary/aromatic N) is 2. The first kappa shape index (κ1) is 18.7. The summed E-state index contributed by atoms with van der Waals surface area (Å²) in [5.41, 5.74) is 1.33. The van der Waals surface area contributed by atoms with Gasteiger partial charge in [-0.05, 0) is 36.6 Å². The van der Waals surface area contributed by atoms with E-state index in [1.54, 1.807) is 23.1 Å². The third kappa shape index (κ3) is 4.62. The maximum atomic E-state index is 13.6. The molecule has 28 heavy (non-hydrogen) atoms. The lowest BCUT2D eigenvalue weighted by molar-refractivity contribution is 0.0416. The number of carbonyl (C=O) groups is 1. The minimum Gasteiger partial charge on any atom is -0.484 e. The van der Waals surface area contributed by atoms with Gasteiger partial charge in [0, 0.05) is 19.6 Å². The zero-order chi connectivity index (χ0) is 19.3. The van der Waals surface area contributed by atoms with Gasteiger partial charge < -0.3 is 15.0 Å². The molecule has 6 heteroatoms. The Bertz CT molecular complexity index is 795. The summed E-state index contributed by atoms with van der Waals surface area (Å²) in [6.45, 7) is 4.72. The molecule has 1 atom stereocenters. The van der Waals surface area contributed by atoms with Crippen molar-refractivity contribution in [3.05, 3.63) is 66.0 Å². The van der Waals surface area contributed by atoms with E-state index >= 15 is 0 Å². The molecule has 0 bridgehead atoms. The van der Waals surface area contributed by atoms with Crippen molar-refractivity contribution in [3.8, 4) is 5.75 Å². The van der Waals surface area contributed by atoms with E-state index in [1.165, 1.54) is 11.6 Å². The molecule has 2 saturated heterocycles. The van der Waals surface area contributed by atoms with Crippen molar-refractivity contribution in [2.45, 2.75) is 19.1 Å². The summed E-state index contributed by atoms with van der Waals surface area (Å²) < 4.78 is 19.2. The van der Waals surface area contributed by atoms with Gasteiger partial charge in [0.1, 0.15) is 6.10 Å². The molecule has 5 nitrogen and oxygen atoms in total. The molecule has 4 rings (SSSR count). The minimum absolute atomic E-state index is 0.0603. The van der Waals surface area contributed by atoms with E-state index in [2.05, 4.69) is 34.5 Å². The maximum absolute atomic E-state index is 13.6. The van der Waals surface area contributed by atoms with Crippen LogP contribution < -0.4 is 10.1 Å². The fourth-order valence-electron chi connectivity index (χ4n) is 3.81. The number of rotatable bonds is 6. The van der Waals surface area contributed by atoms with Gasteiger partial charge >= 0.3 is 6.03 Å². The number of para-hydroxylation sites is 1. The van der Waals surface area contributed by atoms with Crippen LogP contribution in [0.15, 0.2) is 54.6 Å². The average Bonchev–Trinajstić information content (AvgIpc) is 3.12. The Kier molecular flexibility index (Phi) is 5.76. The van der Waals surface area contributed by atoms with E-state index in [1.807, 2.05) is 6.07 Å². The highest BCUT2D eigenvalue weighted by Crippen LogP contribution is 2.22. The van der Waals surface area contributed by atoms with E-state index in [0.29, 0.717) is 25.6 Å². The van der Waals surface area contributed by atoms with Gasteiger partial charge in [0.2, 0.25) is 0 Å². The predicted molar refractivity (Wildman–Crippen MR) is 106 cm³/mol. The fourth-order valence-corrected chi connectivity index (χ4v) is 3.81. The molecule has 2 amide bonds. The number of hydrogen-bond donors (Lipinski definition) is 1. The lowest BCUT2D eigenvalue weighted by Crippen LogP contribution is -2.59. The van der Waals surface area contributed by atoms with Gasteiger partial charge in [-0.15, -0.1) is 0 Å². The Morgan fingerprint density at radius 1 is 1.07 bits per heavy atom. The summed E-state index contributed by atoms with van der Waals surface area (Å²) in [5.74, 6) is 0.364. The first-order valence-corrected chi connectivity index (χ1v) is 9.87. The van der Waals surface area contributed by atoms with Crippen LogP contribution in [-0.2, 0) is 6.54 Å². The molecule has 0 unspecified atom stereocenters. The van der Waals surface area contributed by atoms with Gasteiger partial charge in [0.15, 0.2) is 11.6 Å². The number of halogens is 1. The van der Waals surface area contributed by atoms with Crippen LogP contribution >= 0.6 is 0 Å². The van der Waals surface area contributed by atoms with Crippen LogP contribution in [0, 0.1) is 11.7 Å². The molecule has 0 saturated carbocycles. The predicted octanol–water partition coefficient (Wildman–Crippen LogP) is 3.12. The van der Waals surface area contributed by atoms with Crippen LogP contribution in [0.2, 0.25) is 0 Å². The molecule has 2 aliphatic heterocycles. The van der Waals surface area contributed by atoms with Crippen LogP contribution in [0.3, 0.4) is 0 Å². The summed E-state index contributed by atoms with van der Waals surface area (Å²) in [7, 11) is 0. The van der Waals surface area contributed by atoms with Crippen molar-refractivity contribution in [3.63, 3.8) is 0 Å². The van der Waals surface area contributed by atoms with Crippen LogP contribution in [0.4, 0.5) is 9.18 Å². The molecule has 148 valence electrons. The standard InChI is InChI=1S/C22H26FN3O2/c23-20-8-4-5-9-21(20)28-19-15-26(16-19)22(27)24-12-18-10-11-25(14-18)13-17-6-2-1-3-7-17/h1-9,18-19H,10-16H2,(H,24,27)/t18-/m0/s1. The van der Waals surface area contributed by atoms with Crippen molar-refractivity contribution in [2.75, 3.05) is 32.7 Å². The van der Waals surface area contributed by atoms with E-state index in [9.17, 15) is 9.18 Å². The summed E-state index contributed by atoms with van der Waals surface area (Å²) >= 11 is 0. The lowest BCUT2D eigenvalue weighted by Gasteiger charge is -2.39. The van der Waals surface area contributed by atoms with Crippen LogP contribution in [0.25, 0.3) is 0 Å². The van der Waals surface area contributed by atoms with Gasteiger partial charge in [-0.1, -0.05) is 42.5 Å². The van der Waals surface area contributed by atoms with Crippen LogP contribution in [0.5, 0.6) is 5.75 Å². The molecule has 2 fully saturated rings. The van der Waals surface area contributed by atoms with Crippen molar-refractivity contribution >= 4 is 6.03 Å². The van der Waals surface area contributed by atoms with Crippen molar-refractivity contribution < 1.29 is 13.9 Å². The highest BCUT2D eigenvalue weighted by molar-refractivity contribution is 5.75. The molecule has 2 aromatic carbocycles. The Hall–Kier alpha value is -2.60. The second kappa shape index (κ2) is 8.61. The highest BCUT2D eigenvalue weighted by Gasteiger charge is 2.33. The molecule has 2 heterocycles. The molecule has 0 aliphatic carbocycles. The second-order valence-corrected chi connectivity index (χ2v) is 7.64. The number of likely N-dealkylation sites (tertiary alicyclic amines) is 2. The average molecular weight is 383 g/mol. The van der Waals surface area contributed by atoms with Gasteiger partial charge in [-0.3, -0.25) is 4.90 Å². The molecule has 0 aromatic heterocycles. The second-order valence-electron chi connectivity index (χ2n) is 7.64. The monoisotopic (exact) mass is 383 g/mol. The van der Waals surface area contributed by atoms with Crippen LogP contribution in [0.1, 0.15) is 12.0 Å². The lowest BCUT2D eigenvalue weighted by atomic mass is 10.1. The zero-order valence-electron chi connectivity index (χ0n) is 15.9. The van der Waals surface area contributed by atoms with E-state index in [-0.39, 0.29) is 23.7 Å². The minimum atomic E-state index is -0.369. The molecule has 2 aliphatic rings. The molecule has 2 aromatic rings. The first-order valence-electron chi connectivity index (χ1n) is 9.87. The molecule has 0 spiro atoms. The molecule has 1 N–H and O–H groups in total. The third-order valence-electron chi connectivity index (χ3n) is 5.43. The van der Waals surface area contributed by atoms with Crippen molar-refractivity contribution in [2.24, 2.45) is 5.92 Å². The van der Waals surface area contributed by atoms with Gasteiger partial charge in [0.05, 0.1) is 13.1 Å². The normalized spacial score (nSPS) is 20.0. The quantitative estimate of drug-likeness (QED) is 0.834. The largest absolute Gasteiger partial charge is 0.484 e. The van der Waals surface area contributed by atoms with Gasteiger partial charge in [-0.25, -0.2) is 9.18 Å². The smallest absolute Gasteiger partial charge is 0.317 e. The van der Waals surface area contributed by atoms with Gasteiger partial charge in [0.25, 0.3) is 0 Å². The number of amides is 2. The summed E-state index contributed by atoms with van der Waals surface area (Å²) in [4.78, 5) is 16.4. The van der Waals surface area contributed by atoms with E-state index < -0.39 is 0 Å². The summed E-state index contributed by atoms with van der Waals surface area (Å²) in [6.07, 6.45) is 0.960. The highest BCUT2D eigenvalue weighted by atomic mass is 19.1. The maximum Gasteiger partial charge on any atom is 0.317 e. The van der Waals surface area contributed by atoms with Crippen molar-refractivity contribution in [1.82, 2.24) is 15.1 Å². The number of hydrogen-bond acceptors (Lipinski definition) is 3. The zero-order valence-corrected chi connectivity index (χ0v) is 15.9. The fraction of sp³-hybridized carbons (Fsp3) is 0.409. The molecular formula is C22H26FN3O2. The summed E-state index contributed by atoms with van der Waals surface area (Å²) in [5, 5.41) is 3.04.